The average Bonchev–Trinajstić information content (AvgIpc) is 2.69. The number of aryl methyl sites for hydroxylation is 1. The van der Waals surface area contributed by atoms with Gasteiger partial charge in [0.05, 0.1) is 11.6 Å². The highest BCUT2D eigenvalue weighted by Crippen LogP contribution is 2.28. The van der Waals surface area contributed by atoms with Gasteiger partial charge in [-0.25, -0.2) is 0 Å². The highest BCUT2D eigenvalue weighted by atomic mass is 16.4. The van der Waals surface area contributed by atoms with Gasteiger partial charge in [-0.1, -0.05) is 54.1 Å². The highest BCUT2D eigenvalue weighted by Gasteiger charge is 2.30. The maximum Gasteiger partial charge on any atom is 0.228 e. The third kappa shape index (κ3) is 4.14. The van der Waals surface area contributed by atoms with Crippen LogP contribution in [0.15, 0.2) is 60.7 Å². The Bertz CT molecular complexity index is 902. The molecule has 2 aromatic rings. The van der Waals surface area contributed by atoms with Crippen LogP contribution in [-0.2, 0) is 9.59 Å². The zero-order valence-electron chi connectivity index (χ0n) is 15.0. The molecular formula is C22H20NO4-. The number of hydrogen-bond acceptors (Lipinski definition) is 4. The van der Waals surface area contributed by atoms with Crippen LogP contribution in [0.25, 0.3) is 0 Å². The van der Waals surface area contributed by atoms with Gasteiger partial charge in [0.2, 0.25) is 5.91 Å². The van der Waals surface area contributed by atoms with Gasteiger partial charge < -0.3 is 15.2 Å². The van der Waals surface area contributed by atoms with Crippen molar-refractivity contribution < 1.29 is 19.5 Å². The summed E-state index contributed by atoms with van der Waals surface area (Å²) in [6.07, 6.45) is 4.15. The molecule has 27 heavy (non-hydrogen) atoms. The lowest BCUT2D eigenvalue weighted by Gasteiger charge is -2.28. The van der Waals surface area contributed by atoms with Crippen LogP contribution in [0, 0.1) is 18.8 Å². The fourth-order valence-electron chi connectivity index (χ4n) is 3.29. The third-order valence-electron chi connectivity index (χ3n) is 4.79. The minimum atomic E-state index is -1.23. The maximum atomic E-state index is 12.9. The van der Waals surface area contributed by atoms with Crippen molar-refractivity contribution in [1.29, 1.82) is 0 Å². The quantitative estimate of drug-likeness (QED) is 0.654. The van der Waals surface area contributed by atoms with Gasteiger partial charge in [0.1, 0.15) is 0 Å². The van der Waals surface area contributed by atoms with Gasteiger partial charge in [-0.3, -0.25) is 9.59 Å². The topological polar surface area (TPSA) is 86.3 Å². The molecule has 138 valence electrons. The van der Waals surface area contributed by atoms with E-state index in [1.807, 2.05) is 13.0 Å². The Labute approximate surface area is 157 Å². The van der Waals surface area contributed by atoms with Gasteiger partial charge in [0.15, 0.2) is 5.78 Å². The molecule has 2 atom stereocenters. The van der Waals surface area contributed by atoms with Crippen LogP contribution in [0.1, 0.15) is 34.3 Å². The molecule has 1 aliphatic carbocycles. The summed E-state index contributed by atoms with van der Waals surface area (Å²) in [5.41, 5.74) is 2.17. The monoisotopic (exact) mass is 362 g/mol. The summed E-state index contributed by atoms with van der Waals surface area (Å²) in [5.74, 6) is -3.44. The standard InChI is InChI=1S/C22H21NO4/c1-14-11-12-19(18(13-14)20(24)15-7-3-2-4-8-15)23-21(25)16-9-5-6-10-17(16)22(26)27/h2-8,11-13,16-17H,9-10H2,1H3,(H,23,25)(H,26,27)/p-1/t16-,17+/m0/s1. The van der Waals surface area contributed by atoms with E-state index in [1.165, 1.54) is 0 Å². The second kappa shape index (κ2) is 7.99. The summed E-state index contributed by atoms with van der Waals surface area (Å²) >= 11 is 0. The lowest BCUT2D eigenvalue weighted by Crippen LogP contribution is -2.41. The maximum absolute atomic E-state index is 12.9. The summed E-state index contributed by atoms with van der Waals surface area (Å²) in [4.78, 5) is 37.0. The molecule has 3 rings (SSSR count). The largest absolute Gasteiger partial charge is 0.550 e. The van der Waals surface area contributed by atoms with Gasteiger partial charge in [0, 0.05) is 23.0 Å². The molecule has 0 saturated carbocycles. The van der Waals surface area contributed by atoms with Gasteiger partial charge in [-0.2, -0.15) is 0 Å². The van der Waals surface area contributed by atoms with Crippen LogP contribution >= 0.6 is 0 Å². The second-order valence-electron chi connectivity index (χ2n) is 6.71. The van der Waals surface area contributed by atoms with Gasteiger partial charge in [-0.05, 0) is 31.9 Å². The van der Waals surface area contributed by atoms with Crippen molar-refractivity contribution in [2.75, 3.05) is 5.32 Å². The van der Waals surface area contributed by atoms with Gasteiger partial charge in [0.25, 0.3) is 0 Å². The molecule has 0 aromatic heterocycles. The van der Waals surface area contributed by atoms with Crippen molar-refractivity contribution in [2.24, 2.45) is 11.8 Å². The van der Waals surface area contributed by atoms with Crippen LogP contribution in [0.2, 0.25) is 0 Å². The molecule has 0 bridgehead atoms. The molecule has 5 nitrogen and oxygen atoms in total. The lowest BCUT2D eigenvalue weighted by molar-refractivity contribution is -0.313. The number of nitrogens with one attached hydrogen (secondary N) is 1. The van der Waals surface area contributed by atoms with Crippen LogP contribution < -0.4 is 10.4 Å². The predicted molar refractivity (Wildman–Crippen MR) is 100 cm³/mol. The number of amides is 1. The van der Waals surface area contributed by atoms with E-state index < -0.39 is 23.7 Å². The van der Waals surface area contributed by atoms with E-state index in [9.17, 15) is 19.5 Å². The number of carboxylic acids is 1. The smallest absolute Gasteiger partial charge is 0.228 e. The molecular weight excluding hydrogens is 342 g/mol. The summed E-state index contributed by atoms with van der Waals surface area (Å²) in [6.45, 7) is 1.87. The Morgan fingerprint density at radius 2 is 1.63 bits per heavy atom. The number of hydrogen-bond donors (Lipinski definition) is 1. The molecule has 5 heteroatoms. The summed E-state index contributed by atoms with van der Waals surface area (Å²) in [5, 5.41) is 14.1. The van der Waals surface area contributed by atoms with Crippen molar-refractivity contribution in [1.82, 2.24) is 0 Å². The number of ketones is 1. The number of carbonyl (C=O) groups excluding carboxylic acids is 3. The SMILES string of the molecule is Cc1ccc(NC(=O)[C@H]2CC=CC[C@H]2C(=O)[O-])c(C(=O)c2ccccc2)c1. The van der Waals surface area contributed by atoms with Crippen LogP contribution in [0.4, 0.5) is 5.69 Å². The van der Waals surface area contributed by atoms with E-state index >= 15 is 0 Å². The van der Waals surface area contributed by atoms with E-state index in [0.29, 0.717) is 23.2 Å². The number of benzene rings is 2. The molecule has 0 unspecified atom stereocenters. The van der Waals surface area contributed by atoms with Gasteiger partial charge in [-0.15, -0.1) is 0 Å². The fraction of sp³-hybridized carbons (Fsp3) is 0.227. The van der Waals surface area contributed by atoms with Crippen molar-refractivity contribution >= 4 is 23.3 Å². The number of allylic oxidation sites excluding steroid dienone is 2. The first-order chi connectivity index (χ1) is 13.0. The highest BCUT2D eigenvalue weighted by molar-refractivity contribution is 6.14. The molecule has 1 aliphatic rings. The second-order valence-corrected chi connectivity index (χ2v) is 6.71. The lowest BCUT2D eigenvalue weighted by atomic mass is 9.82. The Morgan fingerprint density at radius 1 is 0.963 bits per heavy atom. The number of anilines is 1. The van der Waals surface area contributed by atoms with E-state index in [0.717, 1.165) is 5.56 Å². The molecule has 0 fully saturated rings. The van der Waals surface area contributed by atoms with E-state index in [2.05, 4.69) is 5.32 Å². The first kappa shape index (κ1) is 18.6. The first-order valence-corrected chi connectivity index (χ1v) is 8.84. The molecule has 0 spiro atoms. The minimum absolute atomic E-state index is 0.199. The molecule has 0 aliphatic heterocycles. The predicted octanol–water partition coefficient (Wildman–Crippen LogP) is 2.50. The molecule has 0 heterocycles. The summed E-state index contributed by atoms with van der Waals surface area (Å²) in [7, 11) is 0. The van der Waals surface area contributed by atoms with E-state index in [-0.39, 0.29) is 12.2 Å². The van der Waals surface area contributed by atoms with Crippen molar-refractivity contribution in [2.45, 2.75) is 19.8 Å². The number of carboxylic acid groups (broad SMARTS) is 1. The zero-order chi connectivity index (χ0) is 19.4. The zero-order valence-corrected chi connectivity index (χ0v) is 15.0. The minimum Gasteiger partial charge on any atom is -0.550 e. The Kier molecular flexibility index (Phi) is 5.50. The van der Waals surface area contributed by atoms with Crippen molar-refractivity contribution in [3.63, 3.8) is 0 Å². The van der Waals surface area contributed by atoms with Gasteiger partial charge >= 0.3 is 0 Å². The number of carbonyl (C=O) groups is 3. The third-order valence-corrected chi connectivity index (χ3v) is 4.79. The van der Waals surface area contributed by atoms with Crippen LogP contribution in [0.5, 0.6) is 0 Å². The number of aliphatic carboxylic acids is 1. The van der Waals surface area contributed by atoms with Crippen LogP contribution in [0.3, 0.4) is 0 Å². The molecule has 0 radical (unpaired) electrons. The molecule has 0 saturated heterocycles. The fourth-order valence-corrected chi connectivity index (χ4v) is 3.29. The van der Waals surface area contributed by atoms with Crippen LogP contribution in [-0.4, -0.2) is 17.7 Å². The van der Waals surface area contributed by atoms with Crippen molar-refractivity contribution in [3.05, 3.63) is 77.4 Å². The molecule has 1 amide bonds. The number of rotatable bonds is 5. The Hall–Kier alpha value is -3.21. The van der Waals surface area contributed by atoms with E-state index in [4.69, 9.17) is 0 Å². The summed E-state index contributed by atoms with van der Waals surface area (Å²) < 4.78 is 0. The van der Waals surface area contributed by atoms with E-state index in [1.54, 1.807) is 54.6 Å². The Morgan fingerprint density at radius 3 is 2.30 bits per heavy atom. The summed E-state index contributed by atoms with van der Waals surface area (Å²) in [6, 6.07) is 14.0. The normalized spacial score (nSPS) is 18.7. The molecule has 1 N–H and O–H groups in total. The Balaban J connectivity index is 1.89. The molecule has 2 aromatic carbocycles. The average molecular weight is 362 g/mol. The van der Waals surface area contributed by atoms with Crippen molar-refractivity contribution in [3.8, 4) is 0 Å². The first-order valence-electron chi connectivity index (χ1n) is 8.84.